The van der Waals surface area contributed by atoms with Crippen LogP contribution in [0.5, 0.6) is 0 Å². The van der Waals surface area contributed by atoms with Crippen LogP contribution < -0.4 is 5.73 Å². The first-order valence-electron chi connectivity index (χ1n) is 15.5. The Labute approximate surface area is 258 Å². The summed E-state index contributed by atoms with van der Waals surface area (Å²) in [7, 11) is 0. The van der Waals surface area contributed by atoms with E-state index in [0.717, 1.165) is 31.5 Å². The molecular weight excluding hydrogens is 512 g/mol. The smallest absolute Gasteiger partial charge is 0.171 e. The standard InChI is InChI=1S/C27H34N2O.C8H12.2C2H6/c1-3-5-13-23(12-4-2)18-26(28)19-27(30)22-29(20-24-14-8-6-9-15-24)21-25-16-10-7-11-17-25;1-4-6-8(3)7-5-2;2*1-2/h5-17,19H,3-4,18,20-22,28H2,1-2H3;4-7H,1H2,2-3H3;2*1-2H3/b13-5-,23-12+,26-19-;7-5-,8-6-;;. The summed E-state index contributed by atoms with van der Waals surface area (Å²) in [4.78, 5) is 14.9. The maximum Gasteiger partial charge on any atom is 0.171 e. The number of carbonyl (C=O) groups excluding carboxylic acids is 1. The summed E-state index contributed by atoms with van der Waals surface area (Å²) < 4.78 is 0. The molecule has 230 valence electrons. The normalized spacial score (nSPS) is 11.7. The minimum Gasteiger partial charge on any atom is -0.402 e. The minimum absolute atomic E-state index is 0.0367. The number of benzene rings is 2. The maximum atomic E-state index is 12.8. The Hall–Kier alpha value is -3.69. The number of ketones is 1. The lowest BCUT2D eigenvalue weighted by Crippen LogP contribution is -2.28. The summed E-state index contributed by atoms with van der Waals surface area (Å²) in [5.41, 5.74) is 11.6. The highest BCUT2D eigenvalue weighted by molar-refractivity contribution is 5.92. The Morgan fingerprint density at radius 1 is 0.857 bits per heavy atom. The van der Waals surface area contributed by atoms with Gasteiger partial charge >= 0.3 is 0 Å². The van der Waals surface area contributed by atoms with E-state index in [9.17, 15) is 4.79 Å². The molecule has 3 nitrogen and oxygen atoms in total. The lowest BCUT2D eigenvalue weighted by Gasteiger charge is -2.21. The number of carbonyl (C=O) groups is 1. The van der Waals surface area contributed by atoms with Crippen molar-refractivity contribution in [1.82, 2.24) is 4.90 Å². The molecule has 2 N–H and O–H groups in total. The molecule has 2 aromatic carbocycles. The average molecular weight is 571 g/mol. The molecule has 0 heterocycles. The van der Waals surface area contributed by atoms with Crippen LogP contribution in [-0.2, 0) is 17.9 Å². The molecule has 0 bridgehead atoms. The zero-order chi connectivity index (χ0) is 32.0. The largest absolute Gasteiger partial charge is 0.402 e. The highest BCUT2D eigenvalue weighted by Gasteiger charge is 2.12. The predicted octanol–water partition coefficient (Wildman–Crippen LogP) is 10.5. The van der Waals surface area contributed by atoms with E-state index in [1.165, 1.54) is 16.7 Å². The van der Waals surface area contributed by atoms with Gasteiger partial charge in [0.15, 0.2) is 5.78 Å². The summed E-state index contributed by atoms with van der Waals surface area (Å²) in [5, 5.41) is 0. The Morgan fingerprint density at radius 3 is 1.81 bits per heavy atom. The van der Waals surface area contributed by atoms with Gasteiger partial charge in [0.2, 0.25) is 0 Å². The fourth-order valence-corrected chi connectivity index (χ4v) is 3.85. The van der Waals surface area contributed by atoms with Gasteiger partial charge in [0.05, 0.1) is 6.54 Å². The van der Waals surface area contributed by atoms with Gasteiger partial charge in [-0.3, -0.25) is 9.69 Å². The van der Waals surface area contributed by atoms with Gasteiger partial charge in [0.1, 0.15) is 0 Å². The van der Waals surface area contributed by atoms with E-state index < -0.39 is 0 Å². The first-order valence-corrected chi connectivity index (χ1v) is 15.5. The summed E-state index contributed by atoms with van der Waals surface area (Å²) in [6.45, 7) is 21.6. The van der Waals surface area contributed by atoms with E-state index in [-0.39, 0.29) is 5.78 Å². The topological polar surface area (TPSA) is 46.3 Å². The Morgan fingerprint density at radius 2 is 1.38 bits per heavy atom. The first kappa shape index (κ1) is 40.4. The quantitative estimate of drug-likeness (QED) is 0.181. The monoisotopic (exact) mass is 570 g/mol. The highest BCUT2D eigenvalue weighted by atomic mass is 16.1. The third-order valence-corrected chi connectivity index (χ3v) is 5.48. The van der Waals surface area contributed by atoms with Crippen LogP contribution in [0.25, 0.3) is 0 Å². The van der Waals surface area contributed by atoms with Crippen LogP contribution in [0.1, 0.15) is 85.8 Å². The number of nitrogens with two attached hydrogens (primary N) is 1. The van der Waals surface area contributed by atoms with Gasteiger partial charge in [0.25, 0.3) is 0 Å². The SMILES string of the molecule is C=C/C=C(C)\C=C/C.CC.CC.CC/C=C\C(=C/CC)C/C(N)=C/C(=O)CN(Cc1ccccc1)Cc1ccccc1. The molecule has 42 heavy (non-hydrogen) atoms. The van der Waals surface area contributed by atoms with Crippen LogP contribution in [0.2, 0.25) is 0 Å². The maximum absolute atomic E-state index is 12.8. The Bertz CT molecular complexity index is 1050. The molecule has 0 amide bonds. The van der Waals surface area contributed by atoms with Crippen LogP contribution in [0, 0.1) is 0 Å². The van der Waals surface area contributed by atoms with Crippen LogP contribution in [0.3, 0.4) is 0 Å². The van der Waals surface area contributed by atoms with Crippen molar-refractivity contribution in [2.24, 2.45) is 5.73 Å². The van der Waals surface area contributed by atoms with Gasteiger partial charge in [0, 0.05) is 31.3 Å². The molecule has 0 aliphatic carbocycles. The van der Waals surface area contributed by atoms with Gasteiger partial charge in [-0.25, -0.2) is 0 Å². The zero-order valence-electron chi connectivity index (χ0n) is 27.8. The van der Waals surface area contributed by atoms with E-state index in [2.05, 4.69) is 67.8 Å². The molecule has 0 unspecified atom stereocenters. The third kappa shape index (κ3) is 22.1. The Kier molecular flexibility index (Phi) is 27.8. The zero-order valence-corrected chi connectivity index (χ0v) is 27.8. The number of nitrogens with zero attached hydrogens (tertiary/aromatic N) is 1. The van der Waals surface area contributed by atoms with Crippen molar-refractivity contribution < 1.29 is 4.79 Å². The van der Waals surface area contributed by atoms with Crippen molar-refractivity contribution >= 4 is 5.78 Å². The average Bonchev–Trinajstić information content (AvgIpc) is 2.99. The second-order valence-electron chi connectivity index (χ2n) is 9.12. The molecule has 3 heteroatoms. The molecule has 0 aliphatic rings. The second kappa shape index (κ2) is 28.8. The van der Waals surface area contributed by atoms with Crippen molar-refractivity contribution in [3.05, 3.63) is 144 Å². The second-order valence-corrected chi connectivity index (χ2v) is 9.12. The fourth-order valence-electron chi connectivity index (χ4n) is 3.85. The van der Waals surface area contributed by atoms with Crippen molar-refractivity contribution in [3.63, 3.8) is 0 Å². The van der Waals surface area contributed by atoms with Crippen molar-refractivity contribution in [2.75, 3.05) is 6.54 Å². The first-order chi connectivity index (χ1) is 20.4. The van der Waals surface area contributed by atoms with Crippen LogP contribution >= 0.6 is 0 Å². The van der Waals surface area contributed by atoms with Gasteiger partial charge in [-0.1, -0.05) is 157 Å². The van der Waals surface area contributed by atoms with E-state index in [4.69, 9.17) is 5.73 Å². The molecule has 0 aliphatic heterocycles. The molecule has 0 saturated carbocycles. The van der Waals surface area contributed by atoms with E-state index >= 15 is 0 Å². The van der Waals surface area contributed by atoms with Gasteiger partial charge in [-0.15, -0.1) is 0 Å². The van der Waals surface area contributed by atoms with Crippen LogP contribution in [0.15, 0.2) is 133 Å². The lowest BCUT2D eigenvalue weighted by atomic mass is 10.1. The van der Waals surface area contributed by atoms with Gasteiger partial charge < -0.3 is 5.73 Å². The molecule has 2 aromatic rings. The molecule has 0 radical (unpaired) electrons. The number of hydrogen-bond donors (Lipinski definition) is 1. The fraction of sp³-hybridized carbons (Fsp3) is 0.359. The lowest BCUT2D eigenvalue weighted by molar-refractivity contribution is -0.116. The Balaban J connectivity index is 0. The molecule has 0 fully saturated rings. The van der Waals surface area contributed by atoms with E-state index in [0.29, 0.717) is 18.7 Å². The molecule has 2 rings (SSSR count). The van der Waals surface area contributed by atoms with Gasteiger partial charge in [-0.05, 0) is 43.4 Å². The predicted molar refractivity (Wildman–Crippen MR) is 188 cm³/mol. The molecule has 0 atom stereocenters. The molecular formula is C39H58N2O. The summed E-state index contributed by atoms with van der Waals surface area (Å²) >= 11 is 0. The van der Waals surface area contributed by atoms with Crippen LogP contribution in [-0.4, -0.2) is 17.2 Å². The highest BCUT2D eigenvalue weighted by Crippen LogP contribution is 2.13. The molecule has 0 saturated heterocycles. The van der Waals surface area contributed by atoms with Crippen molar-refractivity contribution in [1.29, 1.82) is 0 Å². The van der Waals surface area contributed by atoms with Crippen molar-refractivity contribution in [3.8, 4) is 0 Å². The summed E-state index contributed by atoms with van der Waals surface area (Å²) in [5.74, 6) is 0.0367. The van der Waals surface area contributed by atoms with E-state index in [1.807, 2.05) is 96.2 Å². The minimum atomic E-state index is 0.0367. The third-order valence-electron chi connectivity index (χ3n) is 5.48. The number of hydrogen-bond acceptors (Lipinski definition) is 3. The van der Waals surface area contributed by atoms with Crippen LogP contribution in [0.4, 0.5) is 0 Å². The number of rotatable bonds is 14. The van der Waals surface area contributed by atoms with E-state index in [1.54, 1.807) is 12.2 Å². The molecule has 0 aromatic heterocycles. The summed E-state index contributed by atoms with van der Waals surface area (Å²) in [6.07, 6.45) is 18.3. The molecule has 0 spiro atoms. The number of allylic oxidation sites excluding steroid dienone is 9. The van der Waals surface area contributed by atoms with Gasteiger partial charge in [-0.2, -0.15) is 0 Å². The summed E-state index contributed by atoms with van der Waals surface area (Å²) in [6, 6.07) is 20.5. The van der Waals surface area contributed by atoms with Crippen molar-refractivity contribution in [2.45, 2.75) is 87.7 Å².